The summed E-state index contributed by atoms with van der Waals surface area (Å²) in [5, 5.41) is 2.16. The third kappa shape index (κ3) is 8.20. The van der Waals surface area contributed by atoms with Crippen molar-refractivity contribution < 1.29 is 35.6 Å². The third-order valence-corrected chi connectivity index (χ3v) is 9.03. The van der Waals surface area contributed by atoms with Crippen LogP contribution < -0.4 is 9.62 Å². The molecule has 4 rings (SSSR count). The van der Waals surface area contributed by atoms with Gasteiger partial charge in [0.15, 0.2) is 0 Å². The Hall–Kier alpha value is -4.42. The van der Waals surface area contributed by atoms with Crippen LogP contribution in [-0.4, -0.2) is 44.8 Å². The maximum atomic E-state index is 14.2. The number of carbonyl (C=O) groups is 2. The fourth-order valence-corrected chi connectivity index (χ4v) is 6.34. The lowest BCUT2D eigenvalue weighted by atomic mass is 10.0. The molecule has 0 saturated carbocycles. The summed E-state index contributed by atoms with van der Waals surface area (Å²) in [7, 11) is -3.30. The molecule has 0 saturated heterocycles. The zero-order valence-corrected chi connectivity index (χ0v) is 25.4. The predicted molar refractivity (Wildman–Crippen MR) is 162 cm³/mol. The Morgan fingerprint density at radius 3 is 2.04 bits per heavy atom. The number of hydrogen-bond donors (Lipinski definition) is 1. The number of anilines is 1. The number of benzene rings is 4. The number of nitrogens with one attached hydrogen (secondary N) is 1. The fraction of sp³-hybridized carbons (Fsp3) is 0.188. The minimum Gasteiger partial charge on any atom is -0.357 e. The zero-order chi connectivity index (χ0) is 32.8. The highest BCUT2D eigenvalue weighted by Gasteiger charge is 2.37. The lowest BCUT2D eigenvalue weighted by Gasteiger charge is -2.34. The van der Waals surface area contributed by atoms with Crippen molar-refractivity contribution in [2.24, 2.45) is 0 Å². The van der Waals surface area contributed by atoms with Crippen LogP contribution in [0.4, 0.5) is 23.2 Å². The number of nitrogens with zero attached hydrogens (tertiary/aromatic N) is 2. The van der Waals surface area contributed by atoms with Crippen LogP contribution in [-0.2, 0) is 38.8 Å². The van der Waals surface area contributed by atoms with Crippen LogP contribution in [0.5, 0.6) is 0 Å². The average molecular weight is 662 g/mol. The van der Waals surface area contributed by atoms with Crippen molar-refractivity contribution in [3.8, 4) is 0 Å². The lowest BCUT2D eigenvalue weighted by Crippen LogP contribution is -2.53. The van der Waals surface area contributed by atoms with Crippen molar-refractivity contribution in [1.29, 1.82) is 0 Å². The first-order valence-electron chi connectivity index (χ1n) is 13.5. The van der Waals surface area contributed by atoms with Crippen LogP contribution >= 0.6 is 11.6 Å². The Morgan fingerprint density at radius 2 is 1.47 bits per heavy atom. The Morgan fingerprint density at radius 1 is 0.867 bits per heavy atom. The summed E-state index contributed by atoms with van der Waals surface area (Å²) in [6.45, 7) is -1.26. The van der Waals surface area contributed by atoms with Gasteiger partial charge >= 0.3 is 6.18 Å². The molecule has 0 aromatic heterocycles. The number of sulfonamides is 1. The molecule has 0 radical (unpaired) electrons. The van der Waals surface area contributed by atoms with Crippen LogP contribution in [0, 0.1) is 5.82 Å². The average Bonchev–Trinajstić information content (AvgIpc) is 3.02. The van der Waals surface area contributed by atoms with Gasteiger partial charge in [0.05, 0.1) is 21.2 Å². The van der Waals surface area contributed by atoms with Crippen molar-refractivity contribution in [2.45, 2.75) is 30.1 Å². The predicted octanol–water partition coefficient (Wildman–Crippen LogP) is 6.08. The van der Waals surface area contributed by atoms with Gasteiger partial charge in [-0.3, -0.25) is 13.9 Å². The SMILES string of the molecule is CNC(=O)[C@H](Cc1ccccc1)N(Cc1ccc(F)cc1)C(=O)CN(c1cc(C(F)(F)F)ccc1Cl)S(=O)(=O)c1ccccc1. The highest BCUT2D eigenvalue weighted by Crippen LogP contribution is 2.37. The first-order chi connectivity index (χ1) is 21.3. The monoisotopic (exact) mass is 661 g/mol. The topological polar surface area (TPSA) is 86.8 Å². The molecule has 236 valence electrons. The van der Waals surface area contributed by atoms with Gasteiger partial charge in [0.25, 0.3) is 10.0 Å². The summed E-state index contributed by atoms with van der Waals surface area (Å²) < 4.78 is 83.3. The summed E-state index contributed by atoms with van der Waals surface area (Å²) in [5.74, 6) is -2.04. The lowest BCUT2D eigenvalue weighted by molar-refractivity contribution is -0.139. The molecular formula is C32H28ClF4N3O4S. The van der Waals surface area contributed by atoms with Gasteiger partial charge in [-0.15, -0.1) is 0 Å². The maximum Gasteiger partial charge on any atom is 0.416 e. The van der Waals surface area contributed by atoms with E-state index in [0.717, 1.165) is 11.0 Å². The van der Waals surface area contributed by atoms with E-state index in [9.17, 15) is 35.6 Å². The van der Waals surface area contributed by atoms with Crippen molar-refractivity contribution in [3.05, 3.63) is 131 Å². The minimum atomic E-state index is -4.85. The van der Waals surface area contributed by atoms with Crippen LogP contribution in [0.1, 0.15) is 16.7 Å². The summed E-state index contributed by atoms with van der Waals surface area (Å²) in [5.41, 5.74) is -0.665. The molecule has 0 unspecified atom stereocenters. The quantitative estimate of drug-likeness (QED) is 0.198. The highest BCUT2D eigenvalue weighted by atomic mass is 35.5. The molecule has 0 aliphatic carbocycles. The molecule has 7 nitrogen and oxygen atoms in total. The van der Waals surface area contributed by atoms with Crippen LogP contribution in [0.3, 0.4) is 0 Å². The first kappa shape index (κ1) is 33.5. The fourth-order valence-electron chi connectivity index (χ4n) is 4.62. The molecule has 1 atom stereocenters. The Labute approximate surface area is 263 Å². The number of rotatable bonds is 11. The molecular weight excluding hydrogens is 634 g/mol. The van der Waals surface area contributed by atoms with E-state index in [1.807, 2.05) is 0 Å². The molecule has 45 heavy (non-hydrogen) atoms. The second kappa shape index (κ2) is 14.1. The number of halogens is 5. The molecule has 0 aliphatic rings. The second-order valence-corrected chi connectivity index (χ2v) is 12.2. The minimum absolute atomic E-state index is 0.0171. The van der Waals surface area contributed by atoms with E-state index in [2.05, 4.69) is 5.32 Å². The van der Waals surface area contributed by atoms with Crippen molar-refractivity contribution in [1.82, 2.24) is 10.2 Å². The molecule has 0 bridgehead atoms. The molecule has 0 aliphatic heterocycles. The van der Waals surface area contributed by atoms with E-state index in [4.69, 9.17) is 11.6 Å². The first-order valence-corrected chi connectivity index (χ1v) is 15.4. The van der Waals surface area contributed by atoms with Gasteiger partial charge in [0.2, 0.25) is 11.8 Å². The van der Waals surface area contributed by atoms with Gasteiger partial charge < -0.3 is 10.2 Å². The van der Waals surface area contributed by atoms with Crippen molar-refractivity contribution in [2.75, 3.05) is 17.9 Å². The van der Waals surface area contributed by atoms with E-state index >= 15 is 0 Å². The summed E-state index contributed by atoms with van der Waals surface area (Å²) in [6.07, 6.45) is -4.83. The largest absolute Gasteiger partial charge is 0.416 e. The number of amides is 2. The van der Waals surface area contributed by atoms with Gasteiger partial charge in [-0.25, -0.2) is 12.8 Å². The van der Waals surface area contributed by atoms with Gasteiger partial charge in [-0.2, -0.15) is 13.2 Å². The molecule has 2 amide bonds. The summed E-state index contributed by atoms with van der Waals surface area (Å²) >= 11 is 6.29. The van der Waals surface area contributed by atoms with E-state index in [1.54, 1.807) is 36.4 Å². The standard InChI is InChI=1S/C32H28ClF4N3O4S/c1-38-31(42)29(18-22-8-4-2-5-9-22)39(20-23-12-15-25(34)16-13-23)30(41)21-40(45(43,44)26-10-6-3-7-11-26)28-19-24(32(35,36)37)14-17-27(28)33/h2-17,19,29H,18,20-21H2,1H3,(H,38,42)/t29-/m0/s1. The highest BCUT2D eigenvalue weighted by molar-refractivity contribution is 7.92. The smallest absolute Gasteiger partial charge is 0.357 e. The van der Waals surface area contributed by atoms with Gasteiger partial charge in [0.1, 0.15) is 18.4 Å². The number of likely N-dealkylation sites (N-methyl/N-ethyl adjacent to an activating group) is 1. The van der Waals surface area contributed by atoms with Crippen molar-refractivity contribution in [3.63, 3.8) is 0 Å². The maximum absolute atomic E-state index is 14.2. The summed E-state index contributed by atoms with van der Waals surface area (Å²) in [4.78, 5) is 28.3. The molecule has 4 aromatic carbocycles. The second-order valence-electron chi connectivity index (χ2n) is 9.96. The molecule has 4 aromatic rings. The van der Waals surface area contributed by atoms with Gasteiger partial charge in [0, 0.05) is 20.0 Å². The normalized spacial score (nSPS) is 12.3. The molecule has 0 spiro atoms. The molecule has 0 fully saturated rings. The van der Waals surface area contributed by atoms with E-state index < -0.39 is 57.7 Å². The third-order valence-electron chi connectivity index (χ3n) is 6.94. The van der Waals surface area contributed by atoms with E-state index in [1.165, 1.54) is 55.6 Å². The summed E-state index contributed by atoms with van der Waals surface area (Å²) in [6, 6.07) is 21.7. The number of carbonyl (C=O) groups excluding carboxylic acids is 2. The van der Waals surface area contributed by atoms with Crippen LogP contribution in [0.2, 0.25) is 5.02 Å². The molecule has 1 N–H and O–H groups in total. The molecule has 13 heteroatoms. The van der Waals surface area contributed by atoms with Crippen molar-refractivity contribution >= 4 is 39.1 Å². The van der Waals surface area contributed by atoms with Gasteiger partial charge in [-0.1, -0.05) is 72.3 Å². The Kier molecular flexibility index (Phi) is 10.5. The van der Waals surface area contributed by atoms with E-state index in [-0.39, 0.29) is 22.9 Å². The Balaban J connectivity index is 1.85. The molecule has 0 heterocycles. The van der Waals surface area contributed by atoms with E-state index in [0.29, 0.717) is 27.6 Å². The number of alkyl halides is 3. The Bertz CT molecular complexity index is 1740. The van der Waals surface area contributed by atoms with Crippen LogP contribution in [0.15, 0.2) is 108 Å². The van der Waals surface area contributed by atoms with Crippen LogP contribution in [0.25, 0.3) is 0 Å². The van der Waals surface area contributed by atoms with Gasteiger partial charge in [-0.05, 0) is 53.6 Å². The number of hydrogen-bond acceptors (Lipinski definition) is 4. The zero-order valence-electron chi connectivity index (χ0n) is 23.8.